The van der Waals surface area contributed by atoms with Crippen molar-refractivity contribution in [3.05, 3.63) is 29.6 Å². The van der Waals surface area contributed by atoms with Crippen LogP contribution < -0.4 is 5.73 Å². The largest absolute Gasteiger partial charge is 0.480 e. The van der Waals surface area contributed by atoms with Crippen molar-refractivity contribution in [2.75, 3.05) is 6.54 Å². The summed E-state index contributed by atoms with van der Waals surface area (Å²) in [6.45, 7) is 0.736. The van der Waals surface area contributed by atoms with Gasteiger partial charge < -0.3 is 15.7 Å². The van der Waals surface area contributed by atoms with Crippen molar-refractivity contribution in [3.8, 4) is 0 Å². The Morgan fingerprint density at radius 1 is 1.47 bits per heavy atom. The fourth-order valence-electron chi connectivity index (χ4n) is 2.32. The molecule has 19 heavy (non-hydrogen) atoms. The lowest BCUT2D eigenvalue weighted by atomic mass is 10.0. The van der Waals surface area contributed by atoms with Crippen LogP contribution in [0.1, 0.15) is 35.3 Å². The fraction of sp³-hybridized carbons (Fsp3) is 0.462. The van der Waals surface area contributed by atoms with Gasteiger partial charge in [-0.1, -0.05) is 0 Å². The molecule has 1 aromatic heterocycles. The third-order valence-corrected chi connectivity index (χ3v) is 3.32. The van der Waals surface area contributed by atoms with Crippen LogP contribution in [0, 0.1) is 0 Å². The Balaban J connectivity index is 2.23. The summed E-state index contributed by atoms with van der Waals surface area (Å²) in [5, 5.41) is 9.18. The molecular weight excluding hydrogens is 246 g/mol. The highest BCUT2D eigenvalue weighted by Gasteiger charge is 2.32. The van der Waals surface area contributed by atoms with Crippen LogP contribution in [-0.2, 0) is 11.3 Å². The third kappa shape index (κ3) is 2.90. The van der Waals surface area contributed by atoms with Gasteiger partial charge in [-0.05, 0) is 31.4 Å². The Hall–Kier alpha value is -1.95. The maximum atomic E-state index is 12.4. The lowest BCUT2D eigenvalue weighted by Gasteiger charge is -2.33. The lowest BCUT2D eigenvalue weighted by molar-refractivity contribution is -0.143. The highest BCUT2D eigenvalue weighted by molar-refractivity contribution is 5.96. The monoisotopic (exact) mass is 263 g/mol. The maximum Gasteiger partial charge on any atom is 0.326 e. The van der Waals surface area contributed by atoms with E-state index in [0.29, 0.717) is 24.2 Å². The molecule has 1 amide bonds. The summed E-state index contributed by atoms with van der Waals surface area (Å²) in [5.41, 5.74) is 6.56. The molecule has 0 saturated carbocycles. The van der Waals surface area contributed by atoms with E-state index in [1.165, 1.54) is 11.1 Å². The molecule has 0 aromatic carbocycles. The first-order chi connectivity index (χ1) is 9.13. The fourth-order valence-corrected chi connectivity index (χ4v) is 2.32. The van der Waals surface area contributed by atoms with Crippen LogP contribution in [0.4, 0.5) is 0 Å². The summed E-state index contributed by atoms with van der Waals surface area (Å²) in [6, 6.07) is 2.49. The van der Waals surface area contributed by atoms with Crippen LogP contribution in [0.25, 0.3) is 0 Å². The molecule has 3 N–H and O–H groups in total. The minimum atomic E-state index is -0.943. The predicted molar refractivity (Wildman–Crippen MR) is 68.4 cm³/mol. The summed E-state index contributed by atoms with van der Waals surface area (Å²) in [6.07, 6.45) is 3.71. The topological polar surface area (TPSA) is 96.5 Å². The molecule has 1 saturated heterocycles. The smallest absolute Gasteiger partial charge is 0.326 e. The number of hydrogen-bond donors (Lipinski definition) is 2. The Morgan fingerprint density at radius 2 is 2.26 bits per heavy atom. The summed E-state index contributed by atoms with van der Waals surface area (Å²) < 4.78 is 0. The van der Waals surface area contributed by atoms with Crippen molar-refractivity contribution in [1.29, 1.82) is 0 Å². The van der Waals surface area contributed by atoms with E-state index >= 15 is 0 Å². The van der Waals surface area contributed by atoms with Crippen LogP contribution >= 0.6 is 0 Å². The van der Waals surface area contributed by atoms with Gasteiger partial charge in [0.1, 0.15) is 6.04 Å². The molecule has 1 unspecified atom stereocenters. The molecule has 0 bridgehead atoms. The van der Waals surface area contributed by atoms with E-state index in [-0.39, 0.29) is 12.5 Å². The highest BCUT2D eigenvalue weighted by atomic mass is 16.4. The van der Waals surface area contributed by atoms with E-state index in [0.717, 1.165) is 12.8 Å². The number of rotatable bonds is 3. The van der Waals surface area contributed by atoms with Gasteiger partial charge in [-0.25, -0.2) is 4.79 Å². The Labute approximate surface area is 111 Å². The molecule has 0 radical (unpaired) electrons. The van der Waals surface area contributed by atoms with E-state index in [1.54, 1.807) is 12.1 Å². The van der Waals surface area contributed by atoms with Gasteiger partial charge in [0.05, 0.1) is 5.69 Å². The number of nitrogens with zero attached hydrogens (tertiary/aromatic N) is 2. The first-order valence-corrected chi connectivity index (χ1v) is 6.32. The van der Waals surface area contributed by atoms with Crippen LogP contribution in [0.2, 0.25) is 0 Å². The first kappa shape index (κ1) is 13.5. The highest BCUT2D eigenvalue weighted by Crippen LogP contribution is 2.20. The molecular formula is C13H17N3O3. The Morgan fingerprint density at radius 3 is 2.95 bits per heavy atom. The molecule has 1 aromatic rings. The summed E-state index contributed by atoms with van der Waals surface area (Å²) >= 11 is 0. The molecule has 1 fully saturated rings. The van der Waals surface area contributed by atoms with E-state index in [9.17, 15) is 14.7 Å². The van der Waals surface area contributed by atoms with Gasteiger partial charge in [0.15, 0.2) is 0 Å². The molecule has 1 aliphatic rings. The number of pyridine rings is 1. The SMILES string of the molecule is NCc1cc(C(=O)N2CCCCC2C(=O)O)ccn1. The zero-order valence-corrected chi connectivity index (χ0v) is 10.6. The van der Waals surface area contributed by atoms with Gasteiger partial charge in [-0.15, -0.1) is 0 Å². The van der Waals surface area contributed by atoms with Crippen LogP contribution in [0.15, 0.2) is 18.3 Å². The van der Waals surface area contributed by atoms with E-state index < -0.39 is 12.0 Å². The maximum absolute atomic E-state index is 12.4. The van der Waals surface area contributed by atoms with Crippen molar-refractivity contribution < 1.29 is 14.7 Å². The van der Waals surface area contributed by atoms with E-state index in [2.05, 4.69) is 4.98 Å². The second-order valence-electron chi connectivity index (χ2n) is 4.59. The quantitative estimate of drug-likeness (QED) is 0.833. The van der Waals surface area contributed by atoms with Crippen molar-refractivity contribution in [2.45, 2.75) is 31.8 Å². The predicted octanol–water partition coefficient (Wildman–Crippen LogP) is 0.620. The van der Waals surface area contributed by atoms with Crippen LogP contribution in [0.5, 0.6) is 0 Å². The normalized spacial score (nSPS) is 19.2. The van der Waals surface area contributed by atoms with Crippen molar-refractivity contribution in [2.24, 2.45) is 5.73 Å². The number of amides is 1. The number of carbonyl (C=O) groups is 2. The minimum Gasteiger partial charge on any atom is -0.480 e. The summed E-state index contributed by atoms with van der Waals surface area (Å²) in [5.74, 6) is -1.20. The number of aromatic nitrogens is 1. The minimum absolute atomic E-state index is 0.253. The first-order valence-electron chi connectivity index (χ1n) is 6.32. The number of carboxylic acids is 1. The average molecular weight is 263 g/mol. The van der Waals surface area contributed by atoms with Gasteiger partial charge in [-0.2, -0.15) is 0 Å². The number of hydrogen-bond acceptors (Lipinski definition) is 4. The Kier molecular flexibility index (Phi) is 4.11. The zero-order chi connectivity index (χ0) is 13.8. The number of nitrogens with two attached hydrogens (primary N) is 1. The van der Waals surface area contributed by atoms with Crippen molar-refractivity contribution in [1.82, 2.24) is 9.88 Å². The molecule has 102 valence electrons. The molecule has 0 spiro atoms. The lowest BCUT2D eigenvalue weighted by Crippen LogP contribution is -2.48. The molecule has 2 rings (SSSR count). The van der Waals surface area contributed by atoms with Gasteiger partial charge in [0.2, 0.25) is 0 Å². The molecule has 1 aliphatic heterocycles. The summed E-state index contributed by atoms with van der Waals surface area (Å²) in [7, 11) is 0. The molecule has 1 atom stereocenters. The molecule has 2 heterocycles. The molecule has 6 heteroatoms. The number of aliphatic carboxylic acids is 1. The Bertz CT molecular complexity index is 490. The van der Waals surface area contributed by atoms with Crippen molar-refractivity contribution >= 4 is 11.9 Å². The van der Waals surface area contributed by atoms with E-state index in [1.807, 2.05) is 0 Å². The number of carbonyl (C=O) groups excluding carboxylic acids is 1. The second kappa shape index (κ2) is 5.79. The number of likely N-dealkylation sites (tertiary alicyclic amines) is 1. The van der Waals surface area contributed by atoms with Crippen molar-refractivity contribution in [3.63, 3.8) is 0 Å². The van der Waals surface area contributed by atoms with Gasteiger partial charge in [0, 0.05) is 24.8 Å². The van der Waals surface area contributed by atoms with Gasteiger partial charge in [-0.3, -0.25) is 9.78 Å². The summed E-state index contributed by atoms with van der Waals surface area (Å²) in [4.78, 5) is 29.0. The average Bonchev–Trinajstić information content (AvgIpc) is 2.46. The van der Waals surface area contributed by atoms with E-state index in [4.69, 9.17) is 5.73 Å². The van der Waals surface area contributed by atoms with Gasteiger partial charge in [0.25, 0.3) is 5.91 Å². The zero-order valence-electron chi connectivity index (χ0n) is 10.6. The standard InChI is InChI=1S/C13H17N3O3/c14-8-10-7-9(4-5-15-10)12(17)16-6-2-1-3-11(16)13(18)19/h4-5,7,11H,1-3,6,8,14H2,(H,18,19). The molecule has 6 nitrogen and oxygen atoms in total. The van der Waals surface area contributed by atoms with Crippen LogP contribution in [-0.4, -0.2) is 39.5 Å². The number of carboxylic acid groups (broad SMARTS) is 1. The molecule has 0 aliphatic carbocycles. The second-order valence-corrected chi connectivity index (χ2v) is 4.59. The number of piperidine rings is 1. The van der Waals surface area contributed by atoms with Gasteiger partial charge >= 0.3 is 5.97 Å². The third-order valence-electron chi connectivity index (χ3n) is 3.32. The van der Waals surface area contributed by atoms with Crippen LogP contribution in [0.3, 0.4) is 0 Å².